The molecule has 0 aliphatic heterocycles. The van der Waals surface area contributed by atoms with Crippen LogP contribution in [0.15, 0.2) is 24.3 Å². The molecule has 0 saturated carbocycles. The molecule has 0 amide bonds. The highest BCUT2D eigenvalue weighted by molar-refractivity contribution is 5.35. The van der Waals surface area contributed by atoms with Gasteiger partial charge in [0.25, 0.3) is 0 Å². The van der Waals surface area contributed by atoms with Crippen molar-refractivity contribution in [3.63, 3.8) is 0 Å². The van der Waals surface area contributed by atoms with Crippen LogP contribution in [0.5, 0.6) is 0 Å². The molecule has 0 aromatic heterocycles. The molecule has 0 heterocycles. The molecule has 0 radical (unpaired) electrons. The summed E-state index contributed by atoms with van der Waals surface area (Å²) in [4.78, 5) is 0. The van der Waals surface area contributed by atoms with Gasteiger partial charge in [-0.15, -0.1) is 0 Å². The molecule has 1 aromatic rings. The van der Waals surface area contributed by atoms with E-state index in [2.05, 4.69) is 25.1 Å². The molecule has 1 aliphatic rings. The fourth-order valence-corrected chi connectivity index (χ4v) is 2.89. The Hall–Kier alpha value is -0.860. The standard InChI is InChI=1S/C15H22O2/c1-12(9-11-17-2)15(16)10-5-7-13-6-3-4-8-14(13)15/h3-4,6,8,12,16H,5,7,9-11H2,1-2H3. The van der Waals surface area contributed by atoms with Gasteiger partial charge in [-0.05, 0) is 42.7 Å². The molecule has 94 valence electrons. The number of hydrogen-bond donors (Lipinski definition) is 1. The average Bonchev–Trinajstić information content (AvgIpc) is 2.36. The third kappa shape index (κ3) is 2.38. The molecule has 0 spiro atoms. The van der Waals surface area contributed by atoms with E-state index in [0.29, 0.717) is 6.61 Å². The molecule has 2 heteroatoms. The molecule has 0 fully saturated rings. The quantitative estimate of drug-likeness (QED) is 0.868. The predicted molar refractivity (Wildman–Crippen MR) is 68.9 cm³/mol. The zero-order valence-corrected chi connectivity index (χ0v) is 10.8. The summed E-state index contributed by atoms with van der Waals surface area (Å²) in [6.07, 6.45) is 3.94. The summed E-state index contributed by atoms with van der Waals surface area (Å²) in [5.74, 6) is 0.240. The minimum absolute atomic E-state index is 0.240. The van der Waals surface area contributed by atoms with E-state index in [1.807, 2.05) is 6.07 Å². The third-order valence-electron chi connectivity index (χ3n) is 4.06. The van der Waals surface area contributed by atoms with Gasteiger partial charge in [-0.25, -0.2) is 0 Å². The van der Waals surface area contributed by atoms with Gasteiger partial charge in [0.15, 0.2) is 0 Å². The van der Waals surface area contributed by atoms with Crippen molar-refractivity contribution in [2.45, 2.75) is 38.2 Å². The first-order valence-electron chi connectivity index (χ1n) is 6.48. The molecule has 1 aromatic carbocycles. The van der Waals surface area contributed by atoms with Gasteiger partial charge in [0.1, 0.15) is 0 Å². The Kier molecular flexibility index (Phi) is 3.85. The van der Waals surface area contributed by atoms with Crippen LogP contribution in [0.3, 0.4) is 0 Å². The monoisotopic (exact) mass is 234 g/mol. The number of aliphatic hydroxyl groups is 1. The van der Waals surface area contributed by atoms with Crippen molar-refractivity contribution < 1.29 is 9.84 Å². The number of aryl methyl sites for hydroxylation is 1. The highest BCUT2D eigenvalue weighted by atomic mass is 16.5. The lowest BCUT2D eigenvalue weighted by molar-refractivity contribution is -0.0422. The van der Waals surface area contributed by atoms with Crippen molar-refractivity contribution in [1.29, 1.82) is 0 Å². The first-order valence-corrected chi connectivity index (χ1v) is 6.48. The Morgan fingerprint density at radius 1 is 1.41 bits per heavy atom. The van der Waals surface area contributed by atoms with Crippen LogP contribution < -0.4 is 0 Å². The normalized spacial score (nSPS) is 25.4. The van der Waals surface area contributed by atoms with Crippen molar-refractivity contribution in [2.75, 3.05) is 13.7 Å². The number of ether oxygens (including phenoxy) is 1. The van der Waals surface area contributed by atoms with E-state index in [1.165, 1.54) is 5.56 Å². The molecule has 1 N–H and O–H groups in total. The van der Waals surface area contributed by atoms with Gasteiger partial charge in [-0.1, -0.05) is 31.2 Å². The van der Waals surface area contributed by atoms with Gasteiger partial charge in [0.05, 0.1) is 5.60 Å². The first-order chi connectivity index (χ1) is 8.18. The van der Waals surface area contributed by atoms with E-state index in [0.717, 1.165) is 31.2 Å². The van der Waals surface area contributed by atoms with Crippen molar-refractivity contribution in [3.8, 4) is 0 Å². The summed E-state index contributed by atoms with van der Waals surface area (Å²) in [5, 5.41) is 11.0. The minimum Gasteiger partial charge on any atom is -0.385 e. The van der Waals surface area contributed by atoms with E-state index in [-0.39, 0.29) is 5.92 Å². The minimum atomic E-state index is -0.659. The fourth-order valence-electron chi connectivity index (χ4n) is 2.89. The second-order valence-electron chi connectivity index (χ2n) is 5.12. The van der Waals surface area contributed by atoms with Gasteiger partial charge in [-0.2, -0.15) is 0 Å². The average molecular weight is 234 g/mol. The maximum absolute atomic E-state index is 11.0. The number of fused-ring (bicyclic) bond motifs is 1. The fraction of sp³-hybridized carbons (Fsp3) is 0.600. The topological polar surface area (TPSA) is 29.5 Å². The highest BCUT2D eigenvalue weighted by Crippen LogP contribution is 2.41. The van der Waals surface area contributed by atoms with E-state index < -0.39 is 5.60 Å². The second kappa shape index (κ2) is 5.19. The molecule has 2 rings (SSSR count). The van der Waals surface area contributed by atoms with Gasteiger partial charge >= 0.3 is 0 Å². The number of rotatable bonds is 4. The summed E-state index contributed by atoms with van der Waals surface area (Å²) in [6, 6.07) is 8.31. The molecule has 0 saturated heterocycles. The van der Waals surface area contributed by atoms with Crippen LogP contribution in [0.4, 0.5) is 0 Å². The van der Waals surface area contributed by atoms with Crippen LogP contribution in [-0.4, -0.2) is 18.8 Å². The third-order valence-corrected chi connectivity index (χ3v) is 4.06. The number of methoxy groups -OCH3 is 1. The molecular formula is C15H22O2. The van der Waals surface area contributed by atoms with E-state index in [9.17, 15) is 5.11 Å². The SMILES string of the molecule is COCCC(C)C1(O)CCCc2ccccc21. The Labute approximate surface area is 104 Å². The Balaban J connectivity index is 2.26. The summed E-state index contributed by atoms with van der Waals surface area (Å²) in [5.41, 5.74) is 1.79. The molecule has 2 atom stereocenters. The molecule has 2 nitrogen and oxygen atoms in total. The van der Waals surface area contributed by atoms with Crippen molar-refractivity contribution >= 4 is 0 Å². The second-order valence-corrected chi connectivity index (χ2v) is 5.12. The Morgan fingerprint density at radius 3 is 2.94 bits per heavy atom. The number of hydrogen-bond acceptors (Lipinski definition) is 2. The zero-order chi connectivity index (χ0) is 12.3. The maximum Gasteiger partial charge on any atom is 0.0925 e. The lowest BCUT2D eigenvalue weighted by Crippen LogP contribution is -2.37. The van der Waals surface area contributed by atoms with Crippen LogP contribution in [0, 0.1) is 5.92 Å². The van der Waals surface area contributed by atoms with Crippen LogP contribution in [0.2, 0.25) is 0 Å². The lowest BCUT2D eigenvalue weighted by Gasteiger charge is -2.39. The van der Waals surface area contributed by atoms with Crippen LogP contribution in [-0.2, 0) is 16.8 Å². The van der Waals surface area contributed by atoms with Crippen LogP contribution in [0.25, 0.3) is 0 Å². The van der Waals surface area contributed by atoms with Crippen LogP contribution >= 0.6 is 0 Å². The molecular weight excluding hydrogens is 212 g/mol. The summed E-state index contributed by atoms with van der Waals surface area (Å²) in [6.45, 7) is 2.84. The summed E-state index contributed by atoms with van der Waals surface area (Å²) >= 11 is 0. The van der Waals surface area contributed by atoms with E-state index in [1.54, 1.807) is 7.11 Å². The molecule has 0 bridgehead atoms. The molecule has 2 unspecified atom stereocenters. The molecule has 1 aliphatic carbocycles. The zero-order valence-electron chi connectivity index (χ0n) is 10.8. The van der Waals surface area contributed by atoms with Crippen molar-refractivity contribution in [2.24, 2.45) is 5.92 Å². The van der Waals surface area contributed by atoms with Gasteiger partial charge < -0.3 is 9.84 Å². The Bertz CT molecular complexity index is 375. The van der Waals surface area contributed by atoms with Crippen molar-refractivity contribution in [1.82, 2.24) is 0 Å². The predicted octanol–water partition coefficient (Wildman–Crippen LogP) is 2.88. The number of benzene rings is 1. The molecule has 17 heavy (non-hydrogen) atoms. The Morgan fingerprint density at radius 2 is 2.18 bits per heavy atom. The summed E-state index contributed by atoms with van der Waals surface area (Å²) < 4.78 is 5.13. The van der Waals surface area contributed by atoms with Gasteiger partial charge in [0.2, 0.25) is 0 Å². The lowest BCUT2D eigenvalue weighted by atomic mass is 9.71. The smallest absolute Gasteiger partial charge is 0.0925 e. The van der Waals surface area contributed by atoms with E-state index >= 15 is 0 Å². The highest BCUT2D eigenvalue weighted by Gasteiger charge is 2.38. The van der Waals surface area contributed by atoms with Gasteiger partial charge in [-0.3, -0.25) is 0 Å². The van der Waals surface area contributed by atoms with E-state index in [4.69, 9.17) is 4.74 Å². The summed E-state index contributed by atoms with van der Waals surface area (Å²) in [7, 11) is 1.71. The van der Waals surface area contributed by atoms with Crippen LogP contribution in [0.1, 0.15) is 37.3 Å². The maximum atomic E-state index is 11.0. The largest absolute Gasteiger partial charge is 0.385 e. The first kappa shape index (κ1) is 12.6. The van der Waals surface area contributed by atoms with Gasteiger partial charge in [0, 0.05) is 13.7 Å². The van der Waals surface area contributed by atoms with Crippen molar-refractivity contribution in [3.05, 3.63) is 35.4 Å².